The molecule has 0 unspecified atom stereocenters. The van der Waals surface area contributed by atoms with Gasteiger partial charge in [0, 0.05) is 24.8 Å². The van der Waals surface area contributed by atoms with Crippen molar-refractivity contribution in [2.75, 3.05) is 25.6 Å². The molecule has 3 aromatic rings. The maximum atomic E-state index is 11.4. The number of imidazole rings is 1. The third-order valence-electron chi connectivity index (χ3n) is 3.85. The van der Waals surface area contributed by atoms with Gasteiger partial charge in [-0.2, -0.15) is 5.10 Å². The molecule has 0 atom stereocenters. The lowest BCUT2D eigenvalue weighted by atomic mass is 10.0. The molecule has 0 fully saturated rings. The van der Waals surface area contributed by atoms with Gasteiger partial charge in [0.05, 0.1) is 24.2 Å². The molecular weight excluding hydrogens is 386 g/mol. The van der Waals surface area contributed by atoms with Crippen LogP contribution < -0.4 is 11.1 Å². The number of carbonyl (C=O) groups excluding carboxylic acids is 1. The summed E-state index contributed by atoms with van der Waals surface area (Å²) >= 11 is 3.44. The monoisotopic (exact) mass is 403 g/mol. The number of amides is 1. The number of aromatic nitrogens is 3. The summed E-state index contributed by atoms with van der Waals surface area (Å²) in [5, 5.41) is 7.79. The number of benzene rings is 1. The fourth-order valence-electron chi connectivity index (χ4n) is 2.65. The molecule has 0 aliphatic rings. The highest BCUT2D eigenvalue weighted by atomic mass is 79.9. The summed E-state index contributed by atoms with van der Waals surface area (Å²) in [6.07, 6.45) is 1.76. The van der Waals surface area contributed by atoms with Crippen molar-refractivity contribution in [2.45, 2.75) is 6.92 Å². The summed E-state index contributed by atoms with van der Waals surface area (Å²) in [6.45, 7) is 3.11. The molecule has 25 heavy (non-hydrogen) atoms. The van der Waals surface area contributed by atoms with Gasteiger partial charge in [-0.3, -0.25) is 4.79 Å². The van der Waals surface area contributed by atoms with Crippen LogP contribution in [-0.2, 0) is 4.74 Å². The van der Waals surface area contributed by atoms with Crippen LogP contribution in [0.15, 0.2) is 35.1 Å². The fourth-order valence-corrected chi connectivity index (χ4v) is 3.04. The quantitative estimate of drug-likeness (QED) is 0.616. The Morgan fingerprint density at radius 3 is 2.88 bits per heavy atom. The number of hydrogen-bond acceptors (Lipinski definition) is 5. The van der Waals surface area contributed by atoms with Gasteiger partial charge in [-0.15, -0.1) is 0 Å². The summed E-state index contributed by atoms with van der Waals surface area (Å²) < 4.78 is 7.52. The first-order valence-electron chi connectivity index (χ1n) is 7.69. The summed E-state index contributed by atoms with van der Waals surface area (Å²) in [5.41, 5.74) is 10.0. The highest BCUT2D eigenvalue weighted by Gasteiger charge is 2.14. The average molecular weight is 404 g/mol. The Bertz CT molecular complexity index is 938. The molecule has 2 aromatic heterocycles. The van der Waals surface area contributed by atoms with Gasteiger partial charge in [0.25, 0.3) is 0 Å². The Morgan fingerprint density at radius 1 is 1.40 bits per heavy atom. The number of anilines is 1. The number of primary amides is 1. The normalized spacial score (nSPS) is 11.0. The van der Waals surface area contributed by atoms with Crippen LogP contribution in [0.2, 0.25) is 0 Å². The molecule has 1 aromatic carbocycles. The first kappa shape index (κ1) is 17.4. The predicted octanol–water partition coefficient (Wildman–Crippen LogP) is 2.62. The molecule has 0 radical (unpaired) electrons. The molecule has 0 spiro atoms. The van der Waals surface area contributed by atoms with Crippen LogP contribution in [0.4, 0.5) is 5.69 Å². The largest absolute Gasteiger partial charge is 0.383 e. The molecule has 3 N–H and O–H groups in total. The van der Waals surface area contributed by atoms with Crippen LogP contribution in [-0.4, -0.2) is 40.8 Å². The summed E-state index contributed by atoms with van der Waals surface area (Å²) in [6, 6.07) is 7.35. The number of methoxy groups -OCH3 is 1. The van der Waals surface area contributed by atoms with Crippen LogP contribution in [0.5, 0.6) is 0 Å². The van der Waals surface area contributed by atoms with Crippen LogP contribution in [0, 0.1) is 6.92 Å². The van der Waals surface area contributed by atoms with E-state index in [1.54, 1.807) is 23.9 Å². The van der Waals surface area contributed by atoms with Gasteiger partial charge in [-0.25, -0.2) is 9.50 Å². The molecule has 1 amide bonds. The van der Waals surface area contributed by atoms with Crippen molar-refractivity contribution < 1.29 is 9.53 Å². The number of nitrogens with one attached hydrogen (secondary N) is 1. The molecular formula is C17H18BrN5O2. The second-order valence-electron chi connectivity index (χ2n) is 5.57. The second-order valence-corrected chi connectivity index (χ2v) is 6.39. The van der Waals surface area contributed by atoms with Gasteiger partial charge in [-0.05, 0) is 46.6 Å². The van der Waals surface area contributed by atoms with Crippen molar-refractivity contribution >= 4 is 33.2 Å². The number of hydrogen-bond donors (Lipinski definition) is 2. The van der Waals surface area contributed by atoms with Crippen molar-refractivity contribution in [1.82, 2.24) is 14.6 Å². The highest BCUT2D eigenvalue weighted by Crippen LogP contribution is 2.27. The van der Waals surface area contributed by atoms with E-state index in [2.05, 4.69) is 31.3 Å². The average Bonchev–Trinajstić information content (AvgIpc) is 2.98. The zero-order valence-corrected chi connectivity index (χ0v) is 15.5. The number of nitrogens with zero attached hydrogens (tertiary/aromatic N) is 3. The molecule has 0 saturated heterocycles. The van der Waals surface area contributed by atoms with E-state index in [1.807, 2.05) is 25.1 Å². The number of ether oxygens (including phenoxy) is 1. The minimum atomic E-state index is -0.437. The number of aryl methyl sites for hydroxylation is 1. The predicted molar refractivity (Wildman–Crippen MR) is 99.7 cm³/mol. The van der Waals surface area contributed by atoms with Crippen molar-refractivity contribution in [2.24, 2.45) is 5.73 Å². The third-order valence-corrected chi connectivity index (χ3v) is 4.23. The van der Waals surface area contributed by atoms with E-state index in [0.29, 0.717) is 29.0 Å². The zero-order chi connectivity index (χ0) is 18.0. The van der Waals surface area contributed by atoms with Crippen molar-refractivity contribution in [3.05, 3.63) is 46.2 Å². The van der Waals surface area contributed by atoms with E-state index in [9.17, 15) is 4.79 Å². The van der Waals surface area contributed by atoms with Gasteiger partial charge >= 0.3 is 0 Å². The van der Waals surface area contributed by atoms with Crippen molar-refractivity contribution in [3.63, 3.8) is 0 Å². The number of nitrogens with two attached hydrogens (primary N) is 1. The molecule has 8 heteroatoms. The lowest BCUT2D eigenvalue weighted by Gasteiger charge is -2.09. The Balaban J connectivity index is 2.06. The molecule has 3 rings (SSSR count). The molecule has 0 saturated carbocycles. The van der Waals surface area contributed by atoms with Crippen LogP contribution >= 0.6 is 15.9 Å². The molecule has 0 aliphatic heterocycles. The molecule has 2 heterocycles. The van der Waals surface area contributed by atoms with E-state index in [1.165, 1.54) is 0 Å². The van der Waals surface area contributed by atoms with Gasteiger partial charge < -0.3 is 15.8 Å². The number of carbonyl (C=O) groups is 1. The summed E-state index contributed by atoms with van der Waals surface area (Å²) in [4.78, 5) is 15.9. The van der Waals surface area contributed by atoms with Gasteiger partial charge in [0.2, 0.25) is 5.91 Å². The van der Waals surface area contributed by atoms with Crippen LogP contribution in [0.1, 0.15) is 15.9 Å². The molecule has 130 valence electrons. The van der Waals surface area contributed by atoms with E-state index in [4.69, 9.17) is 10.5 Å². The smallest absolute Gasteiger partial charge is 0.248 e. The van der Waals surface area contributed by atoms with E-state index >= 15 is 0 Å². The lowest BCUT2D eigenvalue weighted by Crippen LogP contribution is -2.12. The Labute approximate surface area is 153 Å². The molecule has 0 bridgehead atoms. The van der Waals surface area contributed by atoms with Crippen LogP contribution in [0.3, 0.4) is 0 Å². The lowest BCUT2D eigenvalue weighted by molar-refractivity contribution is 0.0999. The number of rotatable bonds is 6. The van der Waals surface area contributed by atoms with E-state index in [-0.39, 0.29) is 0 Å². The van der Waals surface area contributed by atoms with Crippen molar-refractivity contribution in [1.29, 1.82) is 0 Å². The zero-order valence-electron chi connectivity index (χ0n) is 13.9. The first-order chi connectivity index (χ1) is 12.0. The minimum Gasteiger partial charge on any atom is -0.383 e. The SMILES string of the molecule is COCCNc1cc(Br)nn2c(-c3ccc(C(N)=O)c(C)c3)cnc12. The maximum absolute atomic E-state index is 11.4. The Morgan fingerprint density at radius 2 is 2.20 bits per heavy atom. The van der Waals surface area contributed by atoms with E-state index in [0.717, 1.165) is 22.5 Å². The number of halogens is 1. The van der Waals surface area contributed by atoms with Crippen LogP contribution in [0.25, 0.3) is 16.9 Å². The fraction of sp³-hybridized carbons (Fsp3) is 0.235. The number of fused-ring (bicyclic) bond motifs is 1. The molecule has 0 aliphatic carbocycles. The second kappa shape index (κ2) is 7.20. The third kappa shape index (κ3) is 3.49. The summed E-state index contributed by atoms with van der Waals surface area (Å²) in [5.74, 6) is -0.437. The standard InChI is InChI=1S/C17H18BrN5O2/c1-10-7-11(3-4-12(10)16(19)24)14-9-21-17-13(20-5-6-25-2)8-15(18)22-23(14)17/h3-4,7-9,20H,5-6H2,1-2H3,(H2,19,24). The maximum Gasteiger partial charge on any atom is 0.248 e. The Kier molecular flexibility index (Phi) is 5.00. The topological polar surface area (TPSA) is 94.5 Å². The van der Waals surface area contributed by atoms with Crippen molar-refractivity contribution in [3.8, 4) is 11.3 Å². The minimum absolute atomic E-state index is 0.437. The molecule has 7 nitrogen and oxygen atoms in total. The first-order valence-corrected chi connectivity index (χ1v) is 8.48. The van der Waals surface area contributed by atoms with Gasteiger partial charge in [0.1, 0.15) is 4.60 Å². The van der Waals surface area contributed by atoms with Gasteiger partial charge in [0.15, 0.2) is 5.65 Å². The van der Waals surface area contributed by atoms with E-state index < -0.39 is 5.91 Å². The summed E-state index contributed by atoms with van der Waals surface area (Å²) in [7, 11) is 1.66. The highest BCUT2D eigenvalue weighted by molar-refractivity contribution is 9.10. The van der Waals surface area contributed by atoms with Gasteiger partial charge in [-0.1, -0.05) is 6.07 Å². The Hall–Kier alpha value is -2.45.